The second-order valence-corrected chi connectivity index (χ2v) is 3.69. The van der Waals surface area contributed by atoms with Crippen molar-refractivity contribution in [3.63, 3.8) is 0 Å². The highest BCUT2D eigenvalue weighted by Crippen LogP contribution is 2.46. The predicted octanol–water partition coefficient (Wildman–Crippen LogP) is 0.637. The number of nitrogens with one attached hydrogen (secondary N) is 1. The summed E-state index contributed by atoms with van der Waals surface area (Å²) in [7, 11) is 0. The van der Waals surface area contributed by atoms with Crippen molar-refractivity contribution in [1.29, 1.82) is 0 Å². The van der Waals surface area contributed by atoms with Gasteiger partial charge in [0.2, 0.25) is 0 Å². The largest absolute Gasteiger partial charge is 0.271 e. The number of hydrogen-bond donors (Lipinski definition) is 2. The van der Waals surface area contributed by atoms with Gasteiger partial charge in [0, 0.05) is 18.0 Å². The van der Waals surface area contributed by atoms with Crippen LogP contribution in [0.5, 0.6) is 0 Å². The van der Waals surface area contributed by atoms with Crippen LogP contribution in [0.1, 0.15) is 24.9 Å². The highest BCUT2D eigenvalue weighted by molar-refractivity contribution is 5.13. The Morgan fingerprint density at radius 2 is 2.15 bits per heavy atom. The van der Waals surface area contributed by atoms with Gasteiger partial charge in [-0.1, -0.05) is 6.92 Å². The quantitative estimate of drug-likeness (QED) is 0.526. The maximum absolute atomic E-state index is 5.50. The van der Waals surface area contributed by atoms with Crippen molar-refractivity contribution in [1.82, 2.24) is 15.4 Å². The second-order valence-electron chi connectivity index (χ2n) is 3.69. The molecule has 1 aliphatic rings. The summed E-state index contributed by atoms with van der Waals surface area (Å²) in [6, 6.07) is 0.219. The lowest BCUT2D eigenvalue weighted by atomic mass is 10.1. The molecule has 1 heterocycles. The van der Waals surface area contributed by atoms with Gasteiger partial charge in [0.1, 0.15) is 6.33 Å². The van der Waals surface area contributed by atoms with E-state index in [1.807, 2.05) is 12.4 Å². The molecule has 0 spiro atoms. The second kappa shape index (κ2) is 3.40. The summed E-state index contributed by atoms with van der Waals surface area (Å²) in [5.74, 6) is 6.92. The van der Waals surface area contributed by atoms with Crippen molar-refractivity contribution in [3.05, 3.63) is 24.3 Å². The summed E-state index contributed by atoms with van der Waals surface area (Å²) in [4.78, 5) is 7.96. The third-order valence-electron chi connectivity index (χ3n) is 2.72. The van der Waals surface area contributed by atoms with E-state index in [1.54, 1.807) is 0 Å². The molecule has 4 heteroatoms. The minimum absolute atomic E-state index is 0.219. The van der Waals surface area contributed by atoms with Gasteiger partial charge in [0.05, 0.1) is 6.04 Å². The van der Waals surface area contributed by atoms with Crippen LogP contribution in [0.3, 0.4) is 0 Å². The summed E-state index contributed by atoms with van der Waals surface area (Å²) in [6.07, 6.45) is 6.42. The van der Waals surface area contributed by atoms with E-state index in [2.05, 4.69) is 22.3 Å². The molecule has 0 bridgehead atoms. The minimum atomic E-state index is 0.219. The topological polar surface area (TPSA) is 63.8 Å². The molecule has 0 aromatic carbocycles. The Hall–Kier alpha value is -1.00. The van der Waals surface area contributed by atoms with E-state index >= 15 is 0 Å². The molecule has 1 saturated carbocycles. The maximum atomic E-state index is 5.50. The number of nitrogens with two attached hydrogens (primary N) is 1. The molecule has 0 aliphatic heterocycles. The Morgan fingerprint density at radius 1 is 1.54 bits per heavy atom. The zero-order chi connectivity index (χ0) is 9.26. The first kappa shape index (κ1) is 8.59. The van der Waals surface area contributed by atoms with E-state index in [0.717, 1.165) is 11.5 Å². The molecule has 3 atom stereocenters. The van der Waals surface area contributed by atoms with Crippen LogP contribution >= 0.6 is 0 Å². The van der Waals surface area contributed by atoms with Crippen LogP contribution in [0.4, 0.5) is 0 Å². The molecule has 3 N–H and O–H groups in total. The summed E-state index contributed by atoms with van der Waals surface area (Å²) in [5, 5.41) is 0. The lowest BCUT2D eigenvalue weighted by Gasteiger charge is -2.14. The van der Waals surface area contributed by atoms with E-state index in [9.17, 15) is 0 Å². The summed E-state index contributed by atoms with van der Waals surface area (Å²) in [6.45, 7) is 2.23. The molecular weight excluding hydrogens is 164 g/mol. The van der Waals surface area contributed by atoms with E-state index in [-0.39, 0.29) is 6.04 Å². The number of hydrazine groups is 1. The minimum Gasteiger partial charge on any atom is -0.271 e. The first-order chi connectivity index (χ1) is 6.33. The van der Waals surface area contributed by atoms with Gasteiger partial charge in [-0.25, -0.2) is 9.97 Å². The number of rotatable bonds is 3. The first-order valence-corrected chi connectivity index (χ1v) is 4.54. The molecule has 70 valence electrons. The van der Waals surface area contributed by atoms with E-state index in [0.29, 0.717) is 5.92 Å². The Bertz CT molecular complexity index is 274. The fourth-order valence-corrected chi connectivity index (χ4v) is 1.75. The molecule has 3 unspecified atom stereocenters. The van der Waals surface area contributed by atoms with Crippen molar-refractivity contribution in [3.8, 4) is 0 Å². The predicted molar refractivity (Wildman–Crippen MR) is 49.4 cm³/mol. The van der Waals surface area contributed by atoms with Gasteiger partial charge in [-0.2, -0.15) is 0 Å². The van der Waals surface area contributed by atoms with Crippen LogP contribution in [-0.4, -0.2) is 9.97 Å². The van der Waals surface area contributed by atoms with Crippen LogP contribution < -0.4 is 11.3 Å². The first-order valence-electron chi connectivity index (χ1n) is 4.54. The van der Waals surface area contributed by atoms with Crippen molar-refractivity contribution in [2.24, 2.45) is 17.7 Å². The maximum Gasteiger partial charge on any atom is 0.115 e. The summed E-state index contributed by atoms with van der Waals surface area (Å²) >= 11 is 0. The van der Waals surface area contributed by atoms with Crippen molar-refractivity contribution in [2.45, 2.75) is 19.4 Å². The van der Waals surface area contributed by atoms with Crippen LogP contribution in [0.25, 0.3) is 0 Å². The highest BCUT2D eigenvalue weighted by atomic mass is 15.2. The summed E-state index contributed by atoms with van der Waals surface area (Å²) in [5.41, 5.74) is 3.91. The van der Waals surface area contributed by atoms with Crippen LogP contribution in [-0.2, 0) is 0 Å². The number of aromatic nitrogens is 2. The van der Waals surface area contributed by atoms with Crippen LogP contribution in [0, 0.1) is 11.8 Å². The van der Waals surface area contributed by atoms with E-state index in [1.165, 1.54) is 12.7 Å². The fraction of sp³-hybridized carbons (Fsp3) is 0.556. The highest BCUT2D eigenvalue weighted by Gasteiger charge is 2.39. The van der Waals surface area contributed by atoms with Gasteiger partial charge in [-0.15, -0.1) is 0 Å². The van der Waals surface area contributed by atoms with Gasteiger partial charge >= 0.3 is 0 Å². The monoisotopic (exact) mass is 178 g/mol. The van der Waals surface area contributed by atoms with Crippen molar-refractivity contribution >= 4 is 0 Å². The average Bonchev–Trinajstić information content (AvgIpc) is 2.86. The SMILES string of the molecule is CC1CC1C(NN)c1cncnc1. The average molecular weight is 178 g/mol. The van der Waals surface area contributed by atoms with Crippen LogP contribution in [0.15, 0.2) is 18.7 Å². The van der Waals surface area contributed by atoms with Gasteiger partial charge in [-0.3, -0.25) is 11.3 Å². The molecule has 1 fully saturated rings. The molecule has 2 rings (SSSR count). The van der Waals surface area contributed by atoms with Gasteiger partial charge in [-0.05, 0) is 18.3 Å². The molecule has 1 aliphatic carbocycles. The molecule has 0 amide bonds. The number of nitrogens with zero attached hydrogens (tertiary/aromatic N) is 2. The Kier molecular flexibility index (Phi) is 2.24. The smallest absolute Gasteiger partial charge is 0.115 e. The molecular formula is C9H14N4. The third kappa shape index (κ3) is 1.68. The molecule has 4 nitrogen and oxygen atoms in total. The van der Waals surface area contributed by atoms with E-state index in [4.69, 9.17) is 5.84 Å². The van der Waals surface area contributed by atoms with Gasteiger partial charge < -0.3 is 0 Å². The lowest BCUT2D eigenvalue weighted by Crippen LogP contribution is -2.30. The van der Waals surface area contributed by atoms with Crippen molar-refractivity contribution in [2.75, 3.05) is 0 Å². The summed E-state index contributed by atoms with van der Waals surface area (Å²) < 4.78 is 0. The molecule has 0 radical (unpaired) electrons. The van der Waals surface area contributed by atoms with E-state index < -0.39 is 0 Å². The molecule has 1 aromatic rings. The molecule has 0 saturated heterocycles. The Balaban J connectivity index is 2.13. The van der Waals surface area contributed by atoms with Gasteiger partial charge in [0.15, 0.2) is 0 Å². The zero-order valence-corrected chi connectivity index (χ0v) is 7.64. The fourth-order valence-electron chi connectivity index (χ4n) is 1.75. The van der Waals surface area contributed by atoms with Crippen molar-refractivity contribution < 1.29 is 0 Å². The molecule has 13 heavy (non-hydrogen) atoms. The Morgan fingerprint density at radius 3 is 2.62 bits per heavy atom. The lowest BCUT2D eigenvalue weighted by molar-refractivity contribution is 0.473. The third-order valence-corrected chi connectivity index (χ3v) is 2.72. The number of hydrogen-bond acceptors (Lipinski definition) is 4. The zero-order valence-electron chi connectivity index (χ0n) is 7.64. The Labute approximate surface area is 77.5 Å². The van der Waals surface area contributed by atoms with Crippen LogP contribution in [0.2, 0.25) is 0 Å². The molecule has 1 aromatic heterocycles. The van der Waals surface area contributed by atoms with Gasteiger partial charge in [0.25, 0.3) is 0 Å². The normalized spacial score (nSPS) is 28.5. The standard InChI is InChI=1S/C9H14N4/c1-6-2-8(6)9(13-10)7-3-11-5-12-4-7/h3-6,8-9,13H,2,10H2,1H3.